The van der Waals surface area contributed by atoms with Crippen LogP contribution in [0.25, 0.3) is 0 Å². The highest BCUT2D eigenvalue weighted by molar-refractivity contribution is 5.23. The summed E-state index contributed by atoms with van der Waals surface area (Å²) in [4.78, 5) is 0. The monoisotopic (exact) mass is 240 g/mol. The fraction of sp³-hybridized carbons (Fsp3) is 0.429. The van der Waals surface area contributed by atoms with E-state index in [1.807, 2.05) is 13.8 Å². The molecule has 0 amide bonds. The minimum Gasteiger partial charge on any atom is -0.392 e. The molecule has 3 heteroatoms. The van der Waals surface area contributed by atoms with Gasteiger partial charge in [-0.3, -0.25) is 0 Å². The summed E-state index contributed by atoms with van der Waals surface area (Å²) in [7, 11) is 0. The predicted molar refractivity (Wildman–Crippen MR) is 68.4 cm³/mol. The van der Waals surface area contributed by atoms with Crippen molar-refractivity contribution in [3.63, 3.8) is 0 Å². The van der Waals surface area contributed by atoms with Crippen LogP contribution in [0.5, 0.6) is 0 Å². The molecule has 0 atom stereocenters. The fourth-order valence-corrected chi connectivity index (χ4v) is 1.18. The molecule has 17 heavy (non-hydrogen) atoms. The first-order chi connectivity index (χ1) is 8.24. The molecule has 0 bridgehead atoms. The maximum Gasteiger partial charge on any atom is 0.126 e. The molecule has 1 aromatic rings. The minimum atomic E-state index is -0.195. The Hall–Kier alpha value is -1.19. The van der Waals surface area contributed by atoms with Crippen LogP contribution in [-0.2, 0) is 11.3 Å². The van der Waals surface area contributed by atoms with Gasteiger partial charge in [0, 0.05) is 0 Å². The molecule has 0 aliphatic carbocycles. The van der Waals surface area contributed by atoms with Crippen molar-refractivity contribution in [1.29, 1.82) is 0 Å². The van der Waals surface area contributed by atoms with Gasteiger partial charge in [0.25, 0.3) is 0 Å². The van der Waals surface area contributed by atoms with E-state index in [1.165, 1.54) is 6.07 Å². The van der Waals surface area contributed by atoms with Crippen LogP contribution in [0.2, 0.25) is 0 Å². The molecular formula is C14H21FO2. The maximum absolute atomic E-state index is 12.9. The molecule has 0 aromatic heterocycles. The fourth-order valence-electron chi connectivity index (χ4n) is 1.18. The Morgan fingerprint density at radius 1 is 1.29 bits per heavy atom. The van der Waals surface area contributed by atoms with Crippen molar-refractivity contribution in [2.24, 2.45) is 0 Å². The van der Waals surface area contributed by atoms with Gasteiger partial charge in [0.05, 0.1) is 19.8 Å². The first-order valence-electron chi connectivity index (χ1n) is 5.82. The Labute approximate surface area is 103 Å². The summed E-state index contributed by atoms with van der Waals surface area (Å²) in [5.74, 6) is -0.195. The van der Waals surface area contributed by atoms with Crippen molar-refractivity contribution < 1.29 is 14.2 Å². The molecule has 0 saturated heterocycles. The van der Waals surface area contributed by atoms with Crippen molar-refractivity contribution in [3.8, 4) is 0 Å². The Morgan fingerprint density at radius 3 is 2.59 bits per heavy atom. The highest BCUT2D eigenvalue weighted by Gasteiger charge is 1.98. The minimum absolute atomic E-state index is 0.0268. The largest absolute Gasteiger partial charge is 0.392 e. The van der Waals surface area contributed by atoms with Gasteiger partial charge in [0.15, 0.2) is 0 Å². The quantitative estimate of drug-likeness (QED) is 0.632. The second-order valence-corrected chi connectivity index (χ2v) is 3.25. The van der Waals surface area contributed by atoms with Gasteiger partial charge in [-0.05, 0) is 24.1 Å². The molecule has 1 aromatic carbocycles. The van der Waals surface area contributed by atoms with Gasteiger partial charge in [-0.2, -0.15) is 0 Å². The lowest BCUT2D eigenvalue weighted by Crippen LogP contribution is -1.94. The molecule has 0 aliphatic heterocycles. The smallest absolute Gasteiger partial charge is 0.126 e. The van der Waals surface area contributed by atoms with Crippen LogP contribution >= 0.6 is 0 Å². The average molecular weight is 240 g/mol. The molecule has 0 fully saturated rings. The molecule has 2 nitrogen and oxygen atoms in total. The lowest BCUT2D eigenvalue weighted by molar-refractivity contribution is 0.148. The Bertz CT molecular complexity index is 335. The van der Waals surface area contributed by atoms with E-state index in [2.05, 4.69) is 0 Å². The molecule has 1 N–H and O–H groups in total. The second kappa shape index (κ2) is 10.00. The van der Waals surface area contributed by atoms with Crippen molar-refractivity contribution in [2.45, 2.75) is 27.4 Å². The number of rotatable bonds is 5. The number of aliphatic hydroxyl groups excluding tert-OH is 1. The zero-order valence-electron chi connectivity index (χ0n) is 10.7. The summed E-state index contributed by atoms with van der Waals surface area (Å²) in [6.45, 7) is 6.66. The maximum atomic E-state index is 12.9. The third-order valence-corrected chi connectivity index (χ3v) is 1.98. The van der Waals surface area contributed by atoms with Gasteiger partial charge < -0.3 is 9.84 Å². The van der Waals surface area contributed by atoms with Gasteiger partial charge in [-0.1, -0.05) is 38.1 Å². The van der Waals surface area contributed by atoms with Crippen molar-refractivity contribution in [3.05, 3.63) is 47.3 Å². The lowest BCUT2D eigenvalue weighted by Gasteiger charge is -2.03. The number of aryl methyl sites for hydroxylation is 1. The van der Waals surface area contributed by atoms with Crippen LogP contribution in [0.1, 0.15) is 25.0 Å². The Morgan fingerprint density at radius 2 is 2.00 bits per heavy atom. The van der Waals surface area contributed by atoms with Gasteiger partial charge in [0.1, 0.15) is 5.82 Å². The molecule has 0 radical (unpaired) electrons. The highest BCUT2D eigenvalue weighted by Crippen LogP contribution is 2.09. The standard InChI is InChI=1S/C12H15FO2.C2H6/c1-10-8-11(4-5-12(10)13)9-15-7-3-2-6-14;1-2/h2-5,8,14H,6-7,9H2,1H3;1-2H3/b3-2+;. The van der Waals surface area contributed by atoms with Gasteiger partial charge >= 0.3 is 0 Å². The van der Waals surface area contributed by atoms with Crippen molar-refractivity contribution >= 4 is 0 Å². The number of ether oxygens (including phenoxy) is 1. The van der Waals surface area contributed by atoms with E-state index in [9.17, 15) is 4.39 Å². The Balaban J connectivity index is 0.00000121. The number of benzene rings is 1. The van der Waals surface area contributed by atoms with Gasteiger partial charge in [0.2, 0.25) is 0 Å². The molecule has 1 rings (SSSR count). The van der Waals surface area contributed by atoms with E-state index >= 15 is 0 Å². The van der Waals surface area contributed by atoms with Crippen LogP contribution in [0.3, 0.4) is 0 Å². The third kappa shape index (κ3) is 6.87. The molecular weight excluding hydrogens is 219 g/mol. The van der Waals surface area contributed by atoms with E-state index in [0.717, 1.165) is 5.56 Å². The van der Waals surface area contributed by atoms with Crippen LogP contribution in [0.4, 0.5) is 4.39 Å². The molecule has 0 unspecified atom stereocenters. The molecule has 0 spiro atoms. The van der Waals surface area contributed by atoms with Crippen LogP contribution in [0.15, 0.2) is 30.4 Å². The topological polar surface area (TPSA) is 29.5 Å². The van der Waals surface area contributed by atoms with E-state index in [4.69, 9.17) is 9.84 Å². The number of hydrogen-bond acceptors (Lipinski definition) is 2. The van der Waals surface area contributed by atoms with E-state index < -0.39 is 0 Å². The summed E-state index contributed by atoms with van der Waals surface area (Å²) in [5, 5.41) is 8.47. The lowest BCUT2D eigenvalue weighted by atomic mass is 10.1. The summed E-state index contributed by atoms with van der Waals surface area (Å²) in [6, 6.07) is 4.92. The average Bonchev–Trinajstić information content (AvgIpc) is 2.36. The predicted octanol–water partition coefficient (Wildman–Crippen LogP) is 3.23. The van der Waals surface area contributed by atoms with Gasteiger partial charge in [-0.15, -0.1) is 0 Å². The van der Waals surface area contributed by atoms with Crippen LogP contribution < -0.4 is 0 Å². The summed E-state index contributed by atoms with van der Waals surface area (Å²) in [5.41, 5.74) is 1.58. The zero-order chi connectivity index (χ0) is 13.1. The highest BCUT2D eigenvalue weighted by atomic mass is 19.1. The van der Waals surface area contributed by atoms with E-state index in [0.29, 0.717) is 18.8 Å². The van der Waals surface area contributed by atoms with Crippen LogP contribution in [-0.4, -0.2) is 18.3 Å². The van der Waals surface area contributed by atoms with Crippen molar-refractivity contribution in [2.75, 3.05) is 13.2 Å². The van der Waals surface area contributed by atoms with E-state index in [-0.39, 0.29) is 12.4 Å². The number of halogens is 1. The first kappa shape index (κ1) is 15.8. The molecule has 0 saturated carbocycles. The molecule has 0 aliphatic rings. The first-order valence-corrected chi connectivity index (χ1v) is 5.82. The summed E-state index contributed by atoms with van der Waals surface area (Å²) < 4.78 is 18.2. The summed E-state index contributed by atoms with van der Waals surface area (Å²) >= 11 is 0. The van der Waals surface area contributed by atoms with Gasteiger partial charge in [-0.25, -0.2) is 4.39 Å². The van der Waals surface area contributed by atoms with E-state index in [1.54, 1.807) is 31.2 Å². The second-order valence-electron chi connectivity index (χ2n) is 3.25. The number of aliphatic hydroxyl groups is 1. The zero-order valence-corrected chi connectivity index (χ0v) is 10.7. The van der Waals surface area contributed by atoms with Crippen molar-refractivity contribution in [1.82, 2.24) is 0 Å². The normalized spacial score (nSPS) is 10.2. The van der Waals surface area contributed by atoms with Crippen LogP contribution in [0, 0.1) is 12.7 Å². The third-order valence-electron chi connectivity index (χ3n) is 1.98. The molecule has 96 valence electrons. The summed E-state index contributed by atoms with van der Waals surface area (Å²) in [6.07, 6.45) is 3.37. The SMILES string of the molecule is CC.Cc1cc(COC/C=C/CO)ccc1F. The molecule has 0 heterocycles. The number of hydrogen-bond donors (Lipinski definition) is 1. The Kier molecular flexibility index (Phi) is 9.30.